The van der Waals surface area contributed by atoms with Gasteiger partial charge in [-0.2, -0.15) is 0 Å². The van der Waals surface area contributed by atoms with Crippen LogP contribution in [0.2, 0.25) is 0 Å². The predicted octanol–water partition coefficient (Wildman–Crippen LogP) is 3.59. The van der Waals surface area contributed by atoms with Crippen LogP contribution in [0.15, 0.2) is 54.6 Å². The molecule has 0 radical (unpaired) electrons. The van der Waals surface area contributed by atoms with Gasteiger partial charge in [0.05, 0.1) is 0 Å². The molecule has 2 aromatic rings. The summed E-state index contributed by atoms with van der Waals surface area (Å²) in [6.07, 6.45) is 2.40. The molecule has 1 saturated heterocycles. The van der Waals surface area contributed by atoms with E-state index in [1.54, 1.807) is 0 Å². The second kappa shape index (κ2) is 6.44. The van der Waals surface area contributed by atoms with E-state index in [4.69, 9.17) is 0 Å². The first-order chi connectivity index (χ1) is 9.90. The van der Waals surface area contributed by atoms with E-state index in [2.05, 4.69) is 52.3 Å². The van der Waals surface area contributed by atoms with Gasteiger partial charge in [0, 0.05) is 23.1 Å². The monoisotopic (exact) mass is 267 g/mol. The molecular weight excluding hydrogens is 246 g/mol. The van der Waals surface area contributed by atoms with E-state index in [-0.39, 0.29) is 0 Å². The third-order valence-corrected chi connectivity index (χ3v) is 3.66. The van der Waals surface area contributed by atoms with Crippen molar-refractivity contribution in [1.82, 2.24) is 5.32 Å². The summed E-state index contributed by atoms with van der Waals surface area (Å²) in [4.78, 5) is 0. The molecule has 1 fully saturated rings. The Hall–Kier alpha value is -2.00. The van der Waals surface area contributed by atoms with Gasteiger partial charge in [-0.05, 0) is 62.3 Å². The Kier molecular flexibility index (Phi) is 4.19. The zero-order chi connectivity index (χ0) is 13.6. The van der Waals surface area contributed by atoms with Crippen LogP contribution in [-0.2, 0) is 0 Å². The maximum Gasteiger partial charge on any atom is 0.0385 e. The lowest BCUT2D eigenvalue weighted by Crippen LogP contribution is -2.35. The summed E-state index contributed by atoms with van der Waals surface area (Å²) < 4.78 is 0. The number of hydrogen-bond donors (Lipinski definition) is 3. The van der Waals surface area contributed by atoms with Gasteiger partial charge in [0.1, 0.15) is 0 Å². The average molecular weight is 267 g/mol. The normalized spacial score (nSPS) is 15.8. The fraction of sp³-hybridized carbons (Fsp3) is 0.294. The van der Waals surface area contributed by atoms with E-state index in [1.165, 1.54) is 18.5 Å². The second-order valence-corrected chi connectivity index (χ2v) is 5.24. The summed E-state index contributed by atoms with van der Waals surface area (Å²) in [6.45, 7) is 2.23. The third-order valence-electron chi connectivity index (χ3n) is 3.66. The number of hydrogen-bond acceptors (Lipinski definition) is 3. The summed E-state index contributed by atoms with van der Waals surface area (Å²) in [5.74, 6) is 0. The van der Waals surface area contributed by atoms with Crippen LogP contribution in [0.1, 0.15) is 12.8 Å². The number of anilines is 3. The fourth-order valence-electron chi connectivity index (χ4n) is 2.54. The highest BCUT2D eigenvalue weighted by molar-refractivity contribution is 5.62. The highest BCUT2D eigenvalue weighted by atomic mass is 15.0. The first kappa shape index (κ1) is 13.0. The molecule has 104 valence electrons. The molecule has 0 amide bonds. The summed E-state index contributed by atoms with van der Waals surface area (Å²) in [7, 11) is 0. The van der Waals surface area contributed by atoms with Crippen LogP contribution in [0.3, 0.4) is 0 Å². The number of nitrogens with one attached hydrogen (secondary N) is 3. The molecule has 3 nitrogen and oxygen atoms in total. The van der Waals surface area contributed by atoms with Gasteiger partial charge in [-0.15, -0.1) is 0 Å². The zero-order valence-electron chi connectivity index (χ0n) is 11.6. The van der Waals surface area contributed by atoms with Crippen LogP contribution in [0.4, 0.5) is 17.1 Å². The predicted molar refractivity (Wildman–Crippen MR) is 85.7 cm³/mol. The molecule has 0 aliphatic carbocycles. The van der Waals surface area contributed by atoms with Crippen molar-refractivity contribution in [3.8, 4) is 0 Å². The van der Waals surface area contributed by atoms with Gasteiger partial charge in [0.25, 0.3) is 0 Å². The van der Waals surface area contributed by atoms with Crippen LogP contribution in [0.5, 0.6) is 0 Å². The van der Waals surface area contributed by atoms with Crippen LogP contribution < -0.4 is 16.0 Å². The zero-order valence-corrected chi connectivity index (χ0v) is 11.6. The van der Waals surface area contributed by atoms with Crippen LogP contribution in [-0.4, -0.2) is 19.1 Å². The van der Waals surface area contributed by atoms with Crippen molar-refractivity contribution < 1.29 is 0 Å². The Morgan fingerprint density at radius 2 is 1.35 bits per heavy atom. The number of benzene rings is 2. The molecule has 1 aliphatic heterocycles. The van der Waals surface area contributed by atoms with Gasteiger partial charge >= 0.3 is 0 Å². The van der Waals surface area contributed by atoms with Gasteiger partial charge in [0.15, 0.2) is 0 Å². The van der Waals surface area contributed by atoms with Gasteiger partial charge in [-0.3, -0.25) is 0 Å². The van der Waals surface area contributed by atoms with Gasteiger partial charge in [0.2, 0.25) is 0 Å². The average Bonchev–Trinajstić information content (AvgIpc) is 2.51. The Balaban J connectivity index is 1.59. The van der Waals surface area contributed by atoms with E-state index in [0.717, 1.165) is 24.5 Å². The molecule has 0 spiro atoms. The Bertz CT molecular complexity index is 516. The molecule has 0 unspecified atom stereocenters. The third kappa shape index (κ3) is 3.52. The van der Waals surface area contributed by atoms with Crippen molar-refractivity contribution in [3.05, 3.63) is 54.6 Å². The molecule has 1 aliphatic rings. The molecule has 2 aromatic carbocycles. The standard InChI is InChI=1S/C17H21N3/c1-2-4-14(5-3-1)19-15-6-8-16(9-7-15)20-17-10-12-18-13-11-17/h1-9,17-20H,10-13H2. The molecular formula is C17H21N3. The molecule has 0 bridgehead atoms. The van der Waals surface area contributed by atoms with Crippen molar-refractivity contribution in [2.45, 2.75) is 18.9 Å². The minimum atomic E-state index is 0.601. The number of piperidine rings is 1. The first-order valence-electron chi connectivity index (χ1n) is 7.29. The van der Waals surface area contributed by atoms with E-state index < -0.39 is 0 Å². The Morgan fingerprint density at radius 3 is 2.05 bits per heavy atom. The van der Waals surface area contributed by atoms with E-state index in [1.807, 2.05) is 18.2 Å². The maximum absolute atomic E-state index is 3.60. The summed E-state index contributed by atoms with van der Waals surface area (Å²) in [6, 6.07) is 19.4. The minimum Gasteiger partial charge on any atom is -0.382 e. The number of rotatable bonds is 4. The molecule has 3 rings (SSSR count). The van der Waals surface area contributed by atoms with Crippen LogP contribution in [0.25, 0.3) is 0 Å². The van der Waals surface area contributed by atoms with Crippen molar-refractivity contribution in [1.29, 1.82) is 0 Å². The molecule has 3 N–H and O–H groups in total. The summed E-state index contributed by atoms with van der Waals surface area (Å²) >= 11 is 0. The molecule has 1 heterocycles. The largest absolute Gasteiger partial charge is 0.382 e. The Morgan fingerprint density at radius 1 is 0.750 bits per heavy atom. The lowest BCUT2D eigenvalue weighted by Gasteiger charge is -2.24. The van der Waals surface area contributed by atoms with E-state index in [0.29, 0.717) is 6.04 Å². The highest BCUT2D eigenvalue weighted by Crippen LogP contribution is 2.20. The van der Waals surface area contributed by atoms with Crippen LogP contribution in [0, 0.1) is 0 Å². The Labute approximate surface area is 120 Å². The highest BCUT2D eigenvalue weighted by Gasteiger charge is 2.11. The van der Waals surface area contributed by atoms with Crippen molar-refractivity contribution >= 4 is 17.1 Å². The van der Waals surface area contributed by atoms with E-state index >= 15 is 0 Å². The second-order valence-electron chi connectivity index (χ2n) is 5.24. The lowest BCUT2D eigenvalue weighted by atomic mass is 10.1. The quantitative estimate of drug-likeness (QED) is 0.792. The molecule has 0 aromatic heterocycles. The smallest absolute Gasteiger partial charge is 0.0385 e. The minimum absolute atomic E-state index is 0.601. The first-order valence-corrected chi connectivity index (χ1v) is 7.29. The molecule has 0 atom stereocenters. The lowest BCUT2D eigenvalue weighted by molar-refractivity contribution is 0.479. The van der Waals surface area contributed by atoms with Gasteiger partial charge in [-0.1, -0.05) is 18.2 Å². The fourth-order valence-corrected chi connectivity index (χ4v) is 2.54. The summed E-state index contributed by atoms with van der Waals surface area (Å²) in [5, 5.41) is 10.4. The summed E-state index contributed by atoms with van der Waals surface area (Å²) in [5.41, 5.74) is 3.44. The van der Waals surface area contributed by atoms with Crippen molar-refractivity contribution in [2.75, 3.05) is 23.7 Å². The van der Waals surface area contributed by atoms with Crippen molar-refractivity contribution in [2.24, 2.45) is 0 Å². The van der Waals surface area contributed by atoms with E-state index in [9.17, 15) is 0 Å². The van der Waals surface area contributed by atoms with Gasteiger partial charge in [-0.25, -0.2) is 0 Å². The topological polar surface area (TPSA) is 36.1 Å². The molecule has 0 saturated carbocycles. The van der Waals surface area contributed by atoms with Gasteiger partial charge < -0.3 is 16.0 Å². The van der Waals surface area contributed by atoms with Crippen molar-refractivity contribution in [3.63, 3.8) is 0 Å². The maximum atomic E-state index is 3.60. The SMILES string of the molecule is c1ccc(Nc2ccc(NC3CCNCC3)cc2)cc1. The molecule has 3 heteroatoms. The molecule has 20 heavy (non-hydrogen) atoms. The number of para-hydroxylation sites is 1. The van der Waals surface area contributed by atoms with Crippen LogP contribution >= 0.6 is 0 Å².